The average Bonchev–Trinajstić information content (AvgIpc) is 2.45. The fourth-order valence-electron chi connectivity index (χ4n) is 1.32. The van der Waals surface area contributed by atoms with E-state index >= 15 is 0 Å². The van der Waals surface area contributed by atoms with Gasteiger partial charge in [-0.15, -0.1) is 0 Å². The molecule has 1 aromatic carbocycles. The number of aryl methyl sites for hydroxylation is 1. The first-order valence-corrected chi connectivity index (χ1v) is 4.78. The highest BCUT2D eigenvalue weighted by Gasteiger charge is 2.09. The van der Waals surface area contributed by atoms with Gasteiger partial charge >= 0.3 is 4.94 Å². The molecule has 0 bridgehead atoms. The van der Waals surface area contributed by atoms with Crippen LogP contribution in [0.3, 0.4) is 0 Å². The standard InChI is InChI=1S/C9H8O3S/c1-2-5-6(10)3-4-7-8(5)13-9(11)12-7/h3-4,10H,2H2,1H3. The Labute approximate surface area is 78.2 Å². The topological polar surface area (TPSA) is 50.4 Å². The molecule has 0 amide bonds. The van der Waals surface area contributed by atoms with Crippen molar-refractivity contribution in [3.8, 4) is 5.75 Å². The number of rotatable bonds is 1. The van der Waals surface area contributed by atoms with E-state index in [2.05, 4.69) is 0 Å². The van der Waals surface area contributed by atoms with Gasteiger partial charge in [0.05, 0.1) is 4.70 Å². The molecule has 0 aliphatic rings. The van der Waals surface area contributed by atoms with Gasteiger partial charge in [0.25, 0.3) is 0 Å². The lowest BCUT2D eigenvalue weighted by Gasteiger charge is -1.99. The molecule has 1 N–H and O–H groups in total. The number of hydrogen-bond donors (Lipinski definition) is 1. The first kappa shape index (κ1) is 8.31. The second-order valence-electron chi connectivity index (χ2n) is 2.70. The summed E-state index contributed by atoms with van der Waals surface area (Å²) >= 11 is 1.04. The molecule has 1 heterocycles. The van der Waals surface area contributed by atoms with Crippen molar-refractivity contribution in [2.24, 2.45) is 0 Å². The summed E-state index contributed by atoms with van der Waals surface area (Å²) in [5.41, 5.74) is 1.35. The normalized spacial score (nSPS) is 10.8. The van der Waals surface area contributed by atoms with Crippen molar-refractivity contribution >= 4 is 21.6 Å². The molecule has 0 aliphatic carbocycles. The summed E-state index contributed by atoms with van der Waals surface area (Å²) in [4.78, 5) is 10.6. The Morgan fingerprint density at radius 3 is 3.00 bits per heavy atom. The van der Waals surface area contributed by atoms with Gasteiger partial charge in [0.1, 0.15) is 11.3 Å². The Bertz CT molecular complexity index is 495. The molecule has 0 unspecified atom stereocenters. The van der Waals surface area contributed by atoms with Gasteiger partial charge in [0, 0.05) is 5.56 Å². The molecule has 4 heteroatoms. The molecule has 3 nitrogen and oxygen atoms in total. The summed E-state index contributed by atoms with van der Waals surface area (Å²) in [6.45, 7) is 1.93. The van der Waals surface area contributed by atoms with Crippen LogP contribution in [0.1, 0.15) is 12.5 Å². The van der Waals surface area contributed by atoms with Crippen LogP contribution in [0.4, 0.5) is 0 Å². The maximum atomic E-state index is 10.9. The van der Waals surface area contributed by atoms with Crippen LogP contribution in [0.15, 0.2) is 21.3 Å². The molecule has 68 valence electrons. The molecule has 0 atom stereocenters. The van der Waals surface area contributed by atoms with Crippen LogP contribution in [0, 0.1) is 0 Å². The van der Waals surface area contributed by atoms with Crippen LogP contribution in [-0.4, -0.2) is 5.11 Å². The summed E-state index contributed by atoms with van der Waals surface area (Å²) < 4.78 is 5.67. The molecular weight excluding hydrogens is 188 g/mol. The molecule has 1 aromatic heterocycles. The van der Waals surface area contributed by atoms with Gasteiger partial charge in [-0.2, -0.15) is 0 Å². The zero-order valence-corrected chi connectivity index (χ0v) is 7.85. The molecular formula is C9H8O3S. The van der Waals surface area contributed by atoms with Crippen LogP contribution in [0.2, 0.25) is 0 Å². The minimum absolute atomic E-state index is 0.229. The quantitative estimate of drug-likeness (QED) is 0.760. The van der Waals surface area contributed by atoms with E-state index in [-0.39, 0.29) is 10.7 Å². The fraction of sp³-hybridized carbons (Fsp3) is 0.222. The maximum absolute atomic E-state index is 10.9. The number of phenolic OH excluding ortho intramolecular Hbond substituents is 1. The molecule has 0 spiro atoms. The minimum Gasteiger partial charge on any atom is -0.508 e. The summed E-state index contributed by atoms with van der Waals surface area (Å²) in [5.74, 6) is 0.229. The summed E-state index contributed by atoms with van der Waals surface area (Å²) in [6.07, 6.45) is 0.693. The molecule has 0 aliphatic heterocycles. The van der Waals surface area contributed by atoms with E-state index in [9.17, 15) is 9.90 Å². The number of benzene rings is 1. The number of hydrogen-bond acceptors (Lipinski definition) is 4. The van der Waals surface area contributed by atoms with Crippen molar-refractivity contribution in [1.29, 1.82) is 0 Å². The van der Waals surface area contributed by atoms with Crippen molar-refractivity contribution in [1.82, 2.24) is 0 Å². The molecule has 2 rings (SSSR count). The van der Waals surface area contributed by atoms with Gasteiger partial charge in [-0.25, -0.2) is 4.79 Å². The zero-order chi connectivity index (χ0) is 9.42. The van der Waals surface area contributed by atoms with E-state index in [0.29, 0.717) is 12.0 Å². The first-order chi connectivity index (χ1) is 6.22. The second-order valence-corrected chi connectivity index (χ2v) is 3.64. The van der Waals surface area contributed by atoms with Crippen LogP contribution >= 0.6 is 11.3 Å². The Morgan fingerprint density at radius 2 is 2.31 bits per heavy atom. The lowest BCUT2D eigenvalue weighted by Crippen LogP contribution is -1.80. The monoisotopic (exact) mass is 196 g/mol. The third-order valence-electron chi connectivity index (χ3n) is 1.93. The second kappa shape index (κ2) is 2.88. The van der Waals surface area contributed by atoms with E-state index in [1.165, 1.54) is 0 Å². The molecule has 0 fully saturated rings. The Kier molecular flexibility index (Phi) is 1.84. The average molecular weight is 196 g/mol. The van der Waals surface area contributed by atoms with Gasteiger partial charge in [-0.1, -0.05) is 18.3 Å². The minimum atomic E-state index is -0.324. The summed E-state index contributed by atoms with van der Waals surface area (Å²) in [5, 5.41) is 9.48. The highest BCUT2D eigenvalue weighted by Crippen LogP contribution is 2.29. The first-order valence-electron chi connectivity index (χ1n) is 3.97. The van der Waals surface area contributed by atoms with E-state index in [1.807, 2.05) is 6.92 Å². The van der Waals surface area contributed by atoms with Crippen LogP contribution in [0.5, 0.6) is 5.75 Å². The zero-order valence-electron chi connectivity index (χ0n) is 7.03. The third kappa shape index (κ3) is 1.23. The van der Waals surface area contributed by atoms with E-state index in [4.69, 9.17) is 4.42 Å². The van der Waals surface area contributed by atoms with Gasteiger partial charge in [-0.3, -0.25) is 0 Å². The Balaban J connectivity index is 2.90. The van der Waals surface area contributed by atoms with Crippen molar-refractivity contribution in [2.45, 2.75) is 13.3 Å². The molecule has 0 radical (unpaired) electrons. The molecule has 0 saturated carbocycles. The molecule has 0 saturated heterocycles. The number of phenols is 1. The van der Waals surface area contributed by atoms with Gasteiger partial charge in [0.2, 0.25) is 0 Å². The highest BCUT2D eigenvalue weighted by atomic mass is 32.1. The van der Waals surface area contributed by atoms with Crippen LogP contribution < -0.4 is 4.94 Å². The van der Waals surface area contributed by atoms with Crippen LogP contribution in [-0.2, 0) is 6.42 Å². The van der Waals surface area contributed by atoms with Crippen molar-refractivity contribution in [3.05, 3.63) is 27.4 Å². The molecule has 2 aromatic rings. The lowest BCUT2D eigenvalue weighted by atomic mass is 10.1. The van der Waals surface area contributed by atoms with Crippen LogP contribution in [0.25, 0.3) is 10.3 Å². The van der Waals surface area contributed by atoms with Gasteiger partial charge < -0.3 is 9.52 Å². The van der Waals surface area contributed by atoms with Gasteiger partial charge in [-0.05, 0) is 18.6 Å². The van der Waals surface area contributed by atoms with Gasteiger partial charge in [0.15, 0.2) is 0 Å². The van der Waals surface area contributed by atoms with E-state index in [0.717, 1.165) is 21.6 Å². The predicted octanol–water partition coefficient (Wildman–Crippen LogP) is 2.12. The number of fused-ring (bicyclic) bond motifs is 1. The smallest absolute Gasteiger partial charge is 0.396 e. The largest absolute Gasteiger partial charge is 0.508 e. The fourth-order valence-corrected chi connectivity index (χ4v) is 2.20. The van der Waals surface area contributed by atoms with Crippen molar-refractivity contribution < 1.29 is 9.52 Å². The SMILES string of the molecule is CCc1c(O)ccc2oc(=O)sc12. The van der Waals surface area contributed by atoms with E-state index in [1.54, 1.807) is 12.1 Å². The third-order valence-corrected chi connectivity index (χ3v) is 2.83. The Hall–Kier alpha value is -1.29. The summed E-state index contributed by atoms with van der Waals surface area (Å²) in [6, 6.07) is 3.17. The van der Waals surface area contributed by atoms with Crippen molar-refractivity contribution in [2.75, 3.05) is 0 Å². The Morgan fingerprint density at radius 1 is 1.54 bits per heavy atom. The summed E-state index contributed by atoms with van der Waals surface area (Å²) in [7, 11) is 0. The highest BCUT2D eigenvalue weighted by molar-refractivity contribution is 7.16. The van der Waals surface area contributed by atoms with E-state index < -0.39 is 0 Å². The predicted molar refractivity (Wildman–Crippen MR) is 51.4 cm³/mol. The number of aromatic hydroxyl groups is 1. The maximum Gasteiger partial charge on any atom is 0.396 e. The molecule has 13 heavy (non-hydrogen) atoms. The van der Waals surface area contributed by atoms with Crippen molar-refractivity contribution in [3.63, 3.8) is 0 Å². The lowest BCUT2D eigenvalue weighted by molar-refractivity contribution is 0.469.